The number of carbonyl (C=O) groups is 1. The molecule has 98 valence electrons. The average molecular weight is 256 g/mol. The second-order valence-corrected chi connectivity index (χ2v) is 4.81. The molecule has 19 heavy (non-hydrogen) atoms. The lowest BCUT2D eigenvalue weighted by molar-refractivity contribution is 0.0915. The Morgan fingerprint density at radius 2 is 2.21 bits per heavy atom. The maximum atomic E-state index is 12.1. The van der Waals surface area contributed by atoms with Gasteiger partial charge in [0.2, 0.25) is 0 Å². The number of nitrogens with one attached hydrogen (secondary N) is 2. The molecule has 0 bridgehead atoms. The van der Waals surface area contributed by atoms with Crippen LogP contribution in [0.5, 0.6) is 5.75 Å². The Balaban J connectivity index is 1.70. The van der Waals surface area contributed by atoms with Crippen LogP contribution in [-0.4, -0.2) is 23.5 Å². The topological polar surface area (TPSA) is 54.1 Å². The highest BCUT2D eigenvalue weighted by molar-refractivity contribution is 5.95. The van der Waals surface area contributed by atoms with Gasteiger partial charge in [0.15, 0.2) is 0 Å². The van der Waals surface area contributed by atoms with Gasteiger partial charge in [-0.25, -0.2) is 0 Å². The standard InChI is InChI=1S/C15H16N2O2/c1-10-13(6-7-16-10)15(18)17-12-8-11-4-2-3-5-14(11)19-9-12/h2-7,12,16H,8-9H2,1H3,(H,17,18)/t12-/m0/s1. The normalized spacial score (nSPS) is 17.4. The number of hydrogen-bond acceptors (Lipinski definition) is 2. The van der Waals surface area contributed by atoms with E-state index in [2.05, 4.69) is 10.3 Å². The molecule has 3 rings (SSSR count). The van der Waals surface area contributed by atoms with Crippen molar-refractivity contribution in [2.75, 3.05) is 6.61 Å². The van der Waals surface area contributed by atoms with Gasteiger partial charge in [-0.15, -0.1) is 0 Å². The molecule has 4 heteroatoms. The van der Waals surface area contributed by atoms with Crippen LogP contribution < -0.4 is 10.1 Å². The van der Waals surface area contributed by atoms with E-state index < -0.39 is 0 Å². The monoisotopic (exact) mass is 256 g/mol. The zero-order valence-electron chi connectivity index (χ0n) is 10.8. The van der Waals surface area contributed by atoms with E-state index in [9.17, 15) is 4.79 Å². The number of carbonyl (C=O) groups excluding carboxylic acids is 1. The van der Waals surface area contributed by atoms with Crippen molar-refractivity contribution in [2.24, 2.45) is 0 Å². The number of benzene rings is 1. The van der Waals surface area contributed by atoms with E-state index in [1.165, 1.54) is 0 Å². The maximum Gasteiger partial charge on any atom is 0.253 e. The van der Waals surface area contributed by atoms with Crippen LogP contribution in [-0.2, 0) is 6.42 Å². The third kappa shape index (κ3) is 2.34. The van der Waals surface area contributed by atoms with Crippen molar-refractivity contribution in [2.45, 2.75) is 19.4 Å². The number of H-pyrrole nitrogens is 1. The summed E-state index contributed by atoms with van der Waals surface area (Å²) in [5.41, 5.74) is 2.72. The zero-order valence-corrected chi connectivity index (χ0v) is 10.8. The lowest BCUT2D eigenvalue weighted by Crippen LogP contribution is -2.42. The molecule has 1 aromatic carbocycles. The van der Waals surface area contributed by atoms with E-state index in [-0.39, 0.29) is 11.9 Å². The Bertz CT molecular complexity index is 604. The van der Waals surface area contributed by atoms with Gasteiger partial charge in [0.05, 0.1) is 11.6 Å². The van der Waals surface area contributed by atoms with Crippen LogP contribution in [0.25, 0.3) is 0 Å². The number of hydrogen-bond donors (Lipinski definition) is 2. The Kier molecular flexibility index (Phi) is 2.99. The molecule has 1 aliphatic heterocycles. The molecule has 1 aliphatic rings. The van der Waals surface area contributed by atoms with Crippen molar-refractivity contribution in [3.05, 3.63) is 53.3 Å². The smallest absolute Gasteiger partial charge is 0.253 e. The summed E-state index contributed by atoms with van der Waals surface area (Å²) in [5.74, 6) is 0.873. The maximum absolute atomic E-state index is 12.1. The number of ether oxygens (including phenoxy) is 1. The summed E-state index contributed by atoms with van der Waals surface area (Å²) in [7, 11) is 0. The van der Waals surface area contributed by atoms with Gasteiger partial charge in [-0.2, -0.15) is 0 Å². The van der Waals surface area contributed by atoms with E-state index in [4.69, 9.17) is 4.74 Å². The summed E-state index contributed by atoms with van der Waals surface area (Å²) in [5, 5.41) is 3.02. The van der Waals surface area contributed by atoms with Crippen LogP contribution in [0.4, 0.5) is 0 Å². The number of fused-ring (bicyclic) bond motifs is 1. The van der Waals surface area contributed by atoms with E-state index in [1.54, 1.807) is 12.3 Å². The lowest BCUT2D eigenvalue weighted by atomic mass is 10.0. The molecule has 0 fully saturated rings. The molecule has 1 aromatic heterocycles. The molecule has 4 nitrogen and oxygen atoms in total. The minimum absolute atomic E-state index is 0.0247. The predicted octanol–water partition coefficient (Wildman–Crippen LogP) is 2.06. The first-order chi connectivity index (χ1) is 9.24. The summed E-state index contributed by atoms with van der Waals surface area (Å²) in [6.07, 6.45) is 2.59. The fourth-order valence-corrected chi connectivity index (χ4v) is 2.38. The minimum Gasteiger partial charge on any atom is -0.491 e. The molecular weight excluding hydrogens is 240 g/mol. The summed E-state index contributed by atoms with van der Waals surface area (Å²) in [6.45, 7) is 2.41. The van der Waals surface area contributed by atoms with Crippen molar-refractivity contribution in [3.63, 3.8) is 0 Å². The molecule has 1 atom stereocenters. The first-order valence-electron chi connectivity index (χ1n) is 6.39. The highest BCUT2D eigenvalue weighted by Crippen LogP contribution is 2.24. The SMILES string of the molecule is Cc1[nH]ccc1C(=O)N[C@@H]1COc2ccccc2C1. The summed E-state index contributed by atoms with van der Waals surface area (Å²) < 4.78 is 5.66. The van der Waals surface area contributed by atoms with Crippen LogP contribution in [0.2, 0.25) is 0 Å². The second kappa shape index (κ2) is 4.80. The zero-order chi connectivity index (χ0) is 13.2. The van der Waals surface area contributed by atoms with Crippen molar-refractivity contribution >= 4 is 5.91 Å². The number of aromatic nitrogens is 1. The van der Waals surface area contributed by atoms with E-state index in [0.29, 0.717) is 12.2 Å². The molecular formula is C15H16N2O2. The molecule has 0 spiro atoms. The summed E-state index contributed by atoms with van der Waals surface area (Å²) >= 11 is 0. The van der Waals surface area contributed by atoms with Gasteiger partial charge in [-0.3, -0.25) is 4.79 Å². The van der Waals surface area contributed by atoms with Crippen molar-refractivity contribution in [3.8, 4) is 5.75 Å². The molecule has 2 N–H and O–H groups in total. The summed E-state index contributed by atoms with van der Waals surface area (Å²) in [6, 6.07) is 9.77. The number of aryl methyl sites for hydroxylation is 1. The number of amides is 1. The van der Waals surface area contributed by atoms with Crippen LogP contribution in [0.1, 0.15) is 21.6 Å². The number of rotatable bonds is 2. The highest BCUT2D eigenvalue weighted by Gasteiger charge is 2.22. The molecule has 1 amide bonds. The highest BCUT2D eigenvalue weighted by atomic mass is 16.5. The van der Waals surface area contributed by atoms with E-state index in [0.717, 1.165) is 23.4 Å². The summed E-state index contributed by atoms with van der Waals surface area (Å²) in [4.78, 5) is 15.1. The molecule has 2 aromatic rings. The Hall–Kier alpha value is -2.23. The van der Waals surface area contributed by atoms with Crippen molar-refractivity contribution in [1.82, 2.24) is 10.3 Å². The van der Waals surface area contributed by atoms with Crippen LogP contribution in [0.3, 0.4) is 0 Å². The van der Waals surface area contributed by atoms with Gasteiger partial charge in [0, 0.05) is 11.9 Å². The minimum atomic E-state index is -0.0493. The number of aromatic amines is 1. The average Bonchev–Trinajstić information content (AvgIpc) is 2.85. The van der Waals surface area contributed by atoms with Gasteiger partial charge in [-0.1, -0.05) is 18.2 Å². The molecule has 0 saturated carbocycles. The van der Waals surface area contributed by atoms with Crippen LogP contribution in [0.15, 0.2) is 36.5 Å². The fraction of sp³-hybridized carbons (Fsp3) is 0.267. The van der Waals surface area contributed by atoms with Crippen molar-refractivity contribution in [1.29, 1.82) is 0 Å². The largest absolute Gasteiger partial charge is 0.491 e. The first kappa shape index (κ1) is 11.8. The van der Waals surface area contributed by atoms with Gasteiger partial charge < -0.3 is 15.0 Å². The van der Waals surface area contributed by atoms with E-state index >= 15 is 0 Å². The predicted molar refractivity (Wildman–Crippen MR) is 72.4 cm³/mol. The van der Waals surface area contributed by atoms with Gasteiger partial charge in [-0.05, 0) is 31.0 Å². The quantitative estimate of drug-likeness (QED) is 0.864. The first-order valence-corrected chi connectivity index (χ1v) is 6.39. The molecule has 0 saturated heterocycles. The molecule has 2 heterocycles. The Morgan fingerprint density at radius 1 is 1.37 bits per heavy atom. The third-order valence-electron chi connectivity index (χ3n) is 3.41. The third-order valence-corrected chi connectivity index (χ3v) is 3.41. The van der Waals surface area contributed by atoms with Crippen LogP contribution in [0, 0.1) is 6.92 Å². The van der Waals surface area contributed by atoms with E-state index in [1.807, 2.05) is 31.2 Å². The van der Waals surface area contributed by atoms with Gasteiger partial charge in [0.1, 0.15) is 12.4 Å². The Morgan fingerprint density at radius 3 is 3.00 bits per heavy atom. The molecule has 0 radical (unpaired) electrons. The molecule has 0 aliphatic carbocycles. The number of para-hydroxylation sites is 1. The van der Waals surface area contributed by atoms with Gasteiger partial charge in [0.25, 0.3) is 5.91 Å². The van der Waals surface area contributed by atoms with Crippen molar-refractivity contribution < 1.29 is 9.53 Å². The Labute approximate surface area is 111 Å². The van der Waals surface area contributed by atoms with Gasteiger partial charge >= 0.3 is 0 Å². The fourth-order valence-electron chi connectivity index (χ4n) is 2.38. The molecule has 0 unspecified atom stereocenters. The second-order valence-electron chi connectivity index (χ2n) is 4.81. The van der Waals surface area contributed by atoms with Crippen LogP contribution >= 0.6 is 0 Å². The lowest BCUT2D eigenvalue weighted by Gasteiger charge is -2.26.